The van der Waals surface area contributed by atoms with Crippen molar-refractivity contribution >= 4 is 5.96 Å². The Kier molecular flexibility index (Phi) is 7.96. The van der Waals surface area contributed by atoms with Crippen LogP contribution in [0.15, 0.2) is 29.3 Å². The van der Waals surface area contributed by atoms with Gasteiger partial charge in [-0.1, -0.05) is 31.2 Å². The first-order valence-corrected chi connectivity index (χ1v) is 10.7. The largest absolute Gasteiger partial charge is 0.379 e. The SMILES string of the molecule is CCNC(=NCCc1ccc(CC)cc1)N1CCC(CN2CCOCC2)C1. The molecule has 27 heavy (non-hydrogen) atoms. The number of morpholine rings is 1. The summed E-state index contributed by atoms with van der Waals surface area (Å²) in [4.78, 5) is 9.92. The van der Waals surface area contributed by atoms with E-state index in [0.29, 0.717) is 0 Å². The molecule has 1 N–H and O–H groups in total. The lowest BCUT2D eigenvalue weighted by Gasteiger charge is -2.29. The second kappa shape index (κ2) is 10.7. The van der Waals surface area contributed by atoms with Crippen molar-refractivity contribution in [3.63, 3.8) is 0 Å². The zero-order valence-corrected chi connectivity index (χ0v) is 17.1. The highest BCUT2D eigenvalue weighted by Crippen LogP contribution is 2.18. The highest BCUT2D eigenvalue weighted by atomic mass is 16.5. The molecule has 2 saturated heterocycles. The third-order valence-electron chi connectivity index (χ3n) is 5.63. The van der Waals surface area contributed by atoms with Crippen molar-refractivity contribution in [2.24, 2.45) is 10.9 Å². The maximum atomic E-state index is 5.47. The van der Waals surface area contributed by atoms with Crippen molar-refractivity contribution in [3.8, 4) is 0 Å². The number of hydrogen-bond acceptors (Lipinski definition) is 3. The number of aryl methyl sites for hydroxylation is 1. The van der Waals surface area contributed by atoms with Gasteiger partial charge in [0.05, 0.1) is 13.2 Å². The van der Waals surface area contributed by atoms with E-state index in [1.807, 2.05) is 0 Å². The third-order valence-corrected chi connectivity index (χ3v) is 5.63. The Morgan fingerprint density at radius 3 is 2.56 bits per heavy atom. The lowest BCUT2D eigenvalue weighted by molar-refractivity contribution is 0.0315. The van der Waals surface area contributed by atoms with E-state index in [4.69, 9.17) is 9.73 Å². The fourth-order valence-corrected chi connectivity index (χ4v) is 3.98. The second-order valence-electron chi connectivity index (χ2n) is 7.67. The number of benzene rings is 1. The minimum Gasteiger partial charge on any atom is -0.379 e. The monoisotopic (exact) mass is 372 g/mol. The molecule has 1 unspecified atom stereocenters. The molecule has 0 aliphatic carbocycles. The van der Waals surface area contributed by atoms with Crippen molar-refractivity contribution in [2.45, 2.75) is 33.1 Å². The Balaban J connectivity index is 1.49. The van der Waals surface area contributed by atoms with Gasteiger partial charge in [-0.2, -0.15) is 0 Å². The van der Waals surface area contributed by atoms with Gasteiger partial charge in [0.15, 0.2) is 5.96 Å². The van der Waals surface area contributed by atoms with Gasteiger partial charge in [-0.05, 0) is 43.2 Å². The first kappa shape index (κ1) is 20.2. The summed E-state index contributed by atoms with van der Waals surface area (Å²) < 4.78 is 5.47. The fourth-order valence-electron chi connectivity index (χ4n) is 3.98. The van der Waals surface area contributed by atoms with Crippen LogP contribution in [0.1, 0.15) is 31.4 Å². The summed E-state index contributed by atoms with van der Waals surface area (Å²) in [7, 11) is 0. The lowest BCUT2D eigenvalue weighted by Crippen LogP contribution is -2.42. The van der Waals surface area contributed by atoms with Gasteiger partial charge in [0.25, 0.3) is 0 Å². The minimum atomic E-state index is 0.744. The molecule has 2 aliphatic heterocycles. The summed E-state index contributed by atoms with van der Waals surface area (Å²) in [5.41, 5.74) is 2.78. The zero-order chi connectivity index (χ0) is 18.9. The van der Waals surface area contributed by atoms with E-state index in [1.165, 1.54) is 24.1 Å². The molecule has 0 bridgehead atoms. The quantitative estimate of drug-likeness (QED) is 0.589. The van der Waals surface area contributed by atoms with Crippen LogP contribution >= 0.6 is 0 Å². The number of nitrogens with one attached hydrogen (secondary N) is 1. The molecule has 0 amide bonds. The first-order chi connectivity index (χ1) is 13.3. The van der Waals surface area contributed by atoms with E-state index < -0.39 is 0 Å². The lowest BCUT2D eigenvalue weighted by atomic mass is 10.1. The Morgan fingerprint density at radius 1 is 1.11 bits per heavy atom. The van der Waals surface area contributed by atoms with Crippen molar-refractivity contribution in [1.82, 2.24) is 15.1 Å². The Bertz CT molecular complexity index is 580. The summed E-state index contributed by atoms with van der Waals surface area (Å²) in [5.74, 6) is 1.83. The average Bonchev–Trinajstić information content (AvgIpc) is 3.17. The van der Waals surface area contributed by atoms with Crippen LogP contribution in [0.25, 0.3) is 0 Å². The summed E-state index contributed by atoms with van der Waals surface area (Å²) >= 11 is 0. The van der Waals surface area contributed by atoms with E-state index in [-0.39, 0.29) is 0 Å². The van der Waals surface area contributed by atoms with Crippen LogP contribution in [0.5, 0.6) is 0 Å². The standard InChI is InChI=1S/C22H36N4O/c1-3-19-5-7-20(8-6-19)9-11-24-22(23-4-2)26-12-10-21(18-26)17-25-13-15-27-16-14-25/h5-8,21H,3-4,9-18H2,1-2H3,(H,23,24). The van der Waals surface area contributed by atoms with E-state index in [0.717, 1.165) is 77.2 Å². The van der Waals surface area contributed by atoms with E-state index in [1.54, 1.807) is 0 Å². The van der Waals surface area contributed by atoms with Gasteiger partial charge in [0.2, 0.25) is 0 Å². The molecule has 5 nitrogen and oxygen atoms in total. The molecule has 3 rings (SSSR count). The average molecular weight is 373 g/mol. The zero-order valence-electron chi connectivity index (χ0n) is 17.1. The number of nitrogens with zero attached hydrogens (tertiary/aromatic N) is 3. The van der Waals surface area contributed by atoms with Crippen LogP contribution < -0.4 is 5.32 Å². The highest BCUT2D eigenvalue weighted by molar-refractivity contribution is 5.80. The van der Waals surface area contributed by atoms with E-state index in [9.17, 15) is 0 Å². The minimum absolute atomic E-state index is 0.744. The Hall–Kier alpha value is -1.59. The molecule has 0 saturated carbocycles. The number of guanidine groups is 1. The third kappa shape index (κ3) is 6.22. The van der Waals surface area contributed by atoms with E-state index in [2.05, 4.69) is 53.2 Å². The number of aliphatic imine (C=N–C) groups is 1. The molecule has 0 spiro atoms. The highest BCUT2D eigenvalue weighted by Gasteiger charge is 2.27. The number of ether oxygens (including phenoxy) is 1. The number of rotatable bonds is 7. The molecule has 1 atom stereocenters. The van der Waals surface area contributed by atoms with Gasteiger partial charge in [0, 0.05) is 45.8 Å². The van der Waals surface area contributed by atoms with Crippen LogP contribution in [0, 0.1) is 5.92 Å². The van der Waals surface area contributed by atoms with Crippen molar-refractivity contribution in [2.75, 3.05) is 59.0 Å². The van der Waals surface area contributed by atoms with E-state index >= 15 is 0 Å². The predicted octanol–water partition coefficient (Wildman–Crippen LogP) is 2.41. The maximum Gasteiger partial charge on any atom is 0.193 e. The first-order valence-electron chi connectivity index (χ1n) is 10.7. The summed E-state index contributed by atoms with van der Waals surface area (Å²) in [6, 6.07) is 8.97. The van der Waals surface area contributed by atoms with Crippen molar-refractivity contribution in [1.29, 1.82) is 0 Å². The van der Waals surface area contributed by atoms with Crippen LogP contribution in [0.3, 0.4) is 0 Å². The Labute approximate surface area is 164 Å². The molecule has 5 heteroatoms. The van der Waals surface area contributed by atoms with Crippen LogP contribution in [-0.4, -0.2) is 74.8 Å². The van der Waals surface area contributed by atoms with Gasteiger partial charge in [-0.15, -0.1) is 0 Å². The van der Waals surface area contributed by atoms with Gasteiger partial charge >= 0.3 is 0 Å². The Morgan fingerprint density at radius 2 is 1.85 bits per heavy atom. The number of hydrogen-bond donors (Lipinski definition) is 1. The second-order valence-corrected chi connectivity index (χ2v) is 7.67. The molecule has 0 radical (unpaired) electrons. The number of likely N-dealkylation sites (tertiary alicyclic amines) is 1. The molecule has 0 aromatic heterocycles. The predicted molar refractivity (Wildman–Crippen MR) is 112 cm³/mol. The normalized spacial score (nSPS) is 21.6. The van der Waals surface area contributed by atoms with Crippen molar-refractivity contribution in [3.05, 3.63) is 35.4 Å². The molecular formula is C22H36N4O. The van der Waals surface area contributed by atoms with Crippen LogP contribution in [0.4, 0.5) is 0 Å². The van der Waals surface area contributed by atoms with Gasteiger partial charge in [-0.25, -0.2) is 0 Å². The van der Waals surface area contributed by atoms with Gasteiger partial charge in [-0.3, -0.25) is 9.89 Å². The molecule has 2 aliphatic rings. The molecule has 2 heterocycles. The topological polar surface area (TPSA) is 40.1 Å². The molecule has 2 fully saturated rings. The van der Waals surface area contributed by atoms with Gasteiger partial charge in [0.1, 0.15) is 0 Å². The molecule has 1 aromatic carbocycles. The summed E-state index contributed by atoms with van der Waals surface area (Å²) in [6.07, 6.45) is 3.37. The van der Waals surface area contributed by atoms with Crippen LogP contribution in [-0.2, 0) is 17.6 Å². The molecular weight excluding hydrogens is 336 g/mol. The fraction of sp³-hybridized carbons (Fsp3) is 0.682. The summed E-state index contributed by atoms with van der Waals surface area (Å²) in [6.45, 7) is 13.5. The van der Waals surface area contributed by atoms with Gasteiger partial charge < -0.3 is 15.0 Å². The van der Waals surface area contributed by atoms with Crippen molar-refractivity contribution < 1.29 is 4.74 Å². The summed E-state index contributed by atoms with van der Waals surface area (Å²) in [5, 5.41) is 3.50. The smallest absolute Gasteiger partial charge is 0.193 e. The maximum absolute atomic E-state index is 5.47. The molecule has 1 aromatic rings. The van der Waals surface area contributed by atoms with Crippen LogP contribution in [0.2, 0.25) is 0 Å². The molecule has 150 valence electrons.